The molecular formula is C32H40N2O. The van der Waals surface area contributed by atoms with Crippen molar-refractivity contribution in [3.63, 3.8) is 0 Å². The monoisotopic (exact) mass is 468 g/mol. The standard InChI is InChI=1S/C32H40N2O/c1-21(2)34(4)27-8-7-25-18-26-11-13-30(3)28(23-6-5-22-12-16-33-20-24(22)17-23)9-10-29(30)32(26)15-14-31(25,19-27)35-32/h5-6,11-12,16-18,20-21,27-29H,7-10,13-15,19H2,1-4H3. The van der Waals surface area contributed by atoms with Crippen molar-refractivity contribution in [1.82, 2.24) is 9.88 Å². The van der Waals surface area contributed by atoms with Crippen LogP contribution in [0.4, 0.5) is 0 Å². The molecule has 2 aromatic rings. The Hall–Kier alpha value is -1.97. The van der Waals surface area contributed by atoms with Crippen molar-refractivity contribution in [2.75, 3.05) is 7.05 Å². The van der Waals surface area contributed by atoms with Gasteiger partial charge in [0.15, 0.2) is 0 Å². The van der Waals surface area contributed by atoms with Crippen molar-refractivity contribution in [1.29, 1.82) is 0 Å². The first kappa shape index (κ1) is 22.2. The first-order chi connectivity index (χ1) is 16.8. The molecule has 6 atom stereocenters. The molecule has 3 heteroatoms. The minimum Gasteiger partial charge on any atom is -0.359 e. The average Bonchev–Trinajstić information content (AvgIpc) is 3.38. The first-order valence-corrected chi connectivity index (χ1v) is 14.0. The molecule has 2 saturated carbocycles. The van der Waals surface area contributed by atoms with E-state index >= 15 is 0 Å². The molecule has 1 saturated heterocycles. The van der Waals surface area contributed by atoms with Crippen LogP contribution in [0.25, 0.3) is 10.8 Å². The number of benzene rings is 1. The highest BCUT2D eigenvalue weighted by Crippen LogP contribution is 2.69. The molecule has 3 aliphatic carbocycles. The van der Waals surface area contributed by atoms with E-state index in [4.69, 9.17) is 4.74 Å². The Balaban J connectivity index is 1.25. The van der Waals surface area contributed by atoms with Gasteiger partial charge in [-0.15, -0.1) is 0 Å². The normalized spacial score (nSPS) is 39.9. The van der Waals surface area contributed by atoms with Crippen molar-refractivity contribution in [3.8, 4) is 0 Å². The lowest BCUT2D eigenvalue weighted by molar-refractivity contribution is -0.141. The molecule has 1 aromatic carbocycles. The molecular weight excluding hydrogens is 428 g/mol. The van der Waals surface area contributed by atoms with Gasteiger partial charge in [-0.05, 0) is 124 Å². The second-order valence-electron chi connectivity index (χ2n) is 12.8. The first-order valence-electron chi connectivity index (χ1n) is 14.0. The minimum absolute atomic E-state index is 0.0195. The lowest BCUT2D eigenvalue weighted by Crippen LogP contribution is -2.55. The summed E-state index contributed by atoms with van der Waals surface area (Å²) in [7, 11) is 2.32. The van der Waals surface area contributed by atoms with Crippen molar-refractivity contribution in [2.24, 2.45) is 11.3 Å². The number of fused-ring (bicyclic) bond motifs is 2. The highest BCUT2D eigenvalue weighted by atomic mass is 16.5. The van der Waals surface area contributed by atoms with E-state index in [9.17, 15) is 0 Å². The molecule has 3 fully saturated rings. The highest BCUT2D eigenvalue weighted by molar-refractivity contribution is 5.82. The van der Waals surface area contributed by atoms with Gasteiger partial charge in [0.25, 0.3) is 0 Å². The van der Waals surface area contributed by atoms with Crippen LogP contribution in [0.5, 0.6) is 0 Å². The Morgan fingerprint density at radius 1 is 1.09 bits per heavy atom. The molecule has 3 heterocycles. The number of hydrogen-bond acceptors (Lipinski definition) is 3. The molecule has 184 valence electrons. The fourth-order valence-electron chi connectivity index (χ4n) is 9.02. The van der Waals surface area contributed by atoms with E-state index in [0.29, 0.717) is 23.9 Å². The van der Waals surface area contributed by atoms with Crippen LogP contribution >= 0.6 is 0 Å². The number of ether oxygens (including phenoxy) is 1. The summed E-state index contributed by atoms with van der Waals surface area (Å²) in [5.74, 6) is 1.19. The summed E-state index contributed by atoms with van der Waals surface area (Å²) >= 11 is 0. The number of rotatable bonds is 3. The van der Waals surface area contributed by atoms with Gasteiger partial charge in [0, 0.05) is 29.9 Å². The lowest BCUT2D eigenvalue weighted by atomic mass is 9.58. The largest absolute Gasteiger partial charge is 0.359 e. The zero-order chi connectivity index (χ0) is 24.0. The molecule has 5 aliphatic rings. The molecule has 0 N–H and O–H groups in total. The lowest BCUT2D eigenvalue weighted by Gasteiger charge is -2.55. The van der Waals surface area contributed by atoms with Crippen molar-refractivity contribution < 1.29 is 4.74 Å². The zero-order valence-electron chi connectivity index (χ0n) is 21.9. The molecule has 2 aliphatic heterocycles. The molecule has 35 heavy (non-hydrogen) atoms. The summed E-state index contributed by atoms with van der Waals surface area (Å²) < 4.78 is 7.50. The van der Waals surface area contributed by atoms with E-state index in [1.54, 1.807) is 5.57 Å². The van der Waals surface area contributed by atoms with E-state index in [2.05, 4.69) is 74.1 Å². The van der Waals surface area contributed by atoms with Crippen LogP contribution in [0.1, 0.15) is 83.6 Å². The van der Waals surface area contributed by atoms with E-state index in [1.165, 1.54) is 73.3 Å². The van der Waals surface area contributed by atoms with Crippen molar-refractivity contribution in [2.45, 2.75) is 101 Å². The average molecular weight is 469 g/mol. The maximum atomic E-state index is 7.50. The summed E-state index contributed by atoms with van der Waals surface area (Å²) in [5.41, 5.74) is 4.79. The Kier molecular flexibility index (Phi) is 4.78. The summed E-state index contributed by atoms with van der Waals surface area (Å²) in [5, 5.41) is 2.56. The molecule has 7 rings (SSSR count). The fourth-order valence-corrected chi connectivity index (χ4v) is 9.02. The quantitative estimate of drug-likeness (QED) is 0.477. The van der Waals surface area contributed by atoms with Crippen LogP contribution in [0, 0.1) is 11.3 Å². The maximum Gasteiger partial charge on any atom is 0.0974 e. The van der Waals surface area contributed by atoms with Crippen LogP contribution in [-0.2, 0) is 4.74 Å². The van der Waals surface area contributed by atoms with E-state index < -0.39 is 0 Å². The summed E-state index contributed by atoms with van der Waals surface area (Å²) in [6.45, 7) is 7.24. The van der Waals surface area contributed by atoms with E-state index in [1.807, 2.05) is 12.4 Å². The number of allylic oxidation sites excluding steroid dienone is 1. The molecule has 2 spiro atoms. The molecule has 0 amide bonds. The van der Waals surface area contributed by atoms with Crippen molar-refractivity contribution in [3.05, 3.63) is 65.5 Å². The Bertz CT molecular complexity index is 1250. The number of nitrogens with zero attached hydrogens (tertiary/aromatic N) is 2. The van der Waals surface area contributed by atoms with Crippen LogP contribution in [-0.4, -0.2) is 40.2 Å². The van der Waals surface area contributed by atoms with Gasteiger partial charge in [0.05, 0.1) is 11.2 Å². The fraction of sp³-hybridized carbons (Fsp3) is 0.594. The molecule has 2 bridgehead atoms. The van der Waals surface area contributed by atoms with Gasteiger partial charge < -0.3 is 9.64 Å². The summed E-state index contributed by atoms with van der Waals surface area (Å²) in [4.78, 5) is 6.98. The third-order valence-corrected chi connectivity index (χ3v) is 11.1. The minimum atomic E-state index is -0.0675. The van der Waals surface area contributed by atoms with Gasteiger partial charge >= 0.3 is 0 Å². The van der Waals surface area contributed by atoms with E-state index in [-0.39, 0.29) is 16.6 Å². The summed E-state index contributed by atoms with van der Waals surface area (Å²) in [6, 6.07) is 10.4. The molecule has 6 unspecified atom stereocenters. The van der Waals surface area contributed by atoms with Crippen molar-refractivity contribution >= 4 is 10.8 Å². The highest BCUT2D eigenvalue weighted by Gasteiger charge is 2.66. The predicted octanol–water partition coefficient (Wildman–Crippen LogP) is 7.19. The number of pyridine rings is 1. The Morgan fingerprint density at radius 3 is 2.83 bits per heavy atom. The number of hydrogen-bond donors (Lipinski definition) is 0. The van der Waals surface area contributed by atoms with Crippen LogP contribution < -0.4 is 0 Å². The topological polar surface area (TPSA) is 25.4 Å². The van der Waals surface area contributed by atoms with Gasteiger partial charge in [-0.25, -0.2) is 0 Å². The smallest absolute Gasteiger partial charge is 0.0974 e. The third kappa shape index (κ3) is 3.01. The second-order valence-corrected chi connectivity index (χ2v) is 12.8. The zero-order valence-corrected chi connectivity index (χ0v) is 21.9. The van der Waals surface area contributed by atoms with Gasteiger partial charge in [-0.1, -0.05) is 31.2 Å². The third-order valence-electron chi connectivity index (χ3n) is 11.1. The van der Waals surface area contributed by atoms with Crippen LogP contribution in [0.2, 0.25) is 0 Å². The Labute approximate surface area is 210 Å². The number of aromatic nitrogens is 1. The van der Waals surface area contributed by atoms with Gasteiger partial charge in [-0.3, -0.25) is 4.98 Å². The van der Waals surface area contributed by atoms with Crippen LogP contribution in [0.15, 0.2) is 60.0 Å². The predicted molar refractivity (Wildman–Crippen MR) is 142 cm³/mol. The SMILES string of the molecule is CC(C)N(C)C1CCC2=CC3=CCC4(C)C(c5ccc6ccncc6c5)CCC4C34CCC2(C1)O4. The van der Waals surface area contributed by atoms with Crippen LogP contribution in [0.3, 0.4) is 0 Å². The molecule has 3 nitrogen and oxygen atoms in total. The second kappa shape index (κ2) is 7.52. The maximum absolute atomic E-state index is 7.50. The molecule has 0 radical (unpaired) electrons. The Morgan fingerprint density at radius 2 is 1.97 bits per heavy atom. The van der Waals surface area contributed by atoms with Gasteiger partial charge in [0.1, 0.15) is 0 Å². The van der Waals surface area contributed by atoms with Gasteiger partial charge in [-0.2, -0.15) is 0 Å². The van der Waals surface area contributed by atoms with E-state index in [0.717, 1.165) is 0 Å². The van der Waals surface area contributed by atoms with Gasteiger partial charge in [0.2, 0.25) is 0 Å². The molecule has 1 aromatic heterocycles. The summed E-state index contributed by atoms with van der Waals surface area (Å²) in [6.07, 6.45) is 18.9.